The van der Waals surface area contributed by atoms with E-state index in [-0.39, 0.29) is 23.1 Å². The smallest absolute Gasteiger partial charge is 0.270 e. The molecule has 3 amide bonds. The van der Waals surface area contributed by atoms with Crippen molar-refractivity contribution in [2.24, 2.45) is 0 Å². The highest BCUT2D eigenvalue weighted by atomic mass is 32.1. The van der Waals surface area contributed by atoms with Gasteiger partial charge in [0.2, 0.25) is 5.91 Å². The highest BCUT2D eigenvalue weighted by Gasteiger charge is 2.34. The first-order valence-corrected chi connectivity index (χ1v) is 11.8. The van der Waals surface area contributed by atoms with E-state index < -0.39 is 11.8 Å². The van der Waals surface area contributed by atoms with E-state index in [0.29, 0.717) is 36.8 Å². The van der Waals surface area contributed by atoms with Gasteiger partial charge in [0.15, 0.2) is 5.11 Å². The van der Waals surface area contributed by atoms with Crippen molar-refractivity contribution in [3.63, 3.8) is 0 Å². The predicted molar refractivity (Wildman–Crippen MR) is 141 cm³/mol. The minimum atomic E-state index is -0.582. The molecule has 0 saturated carbocycles. The second kappa shape index (κ2) is 11.1. The van der Waals surface area contributed by atoms with Crippen molar-refractivity contribution >= 4 is 57.7 Å². The number of anilines is 1. The molecule has 4 rings (SSSR count). The number of hydrogen-bond acceptors (Lipinski definition) is 6. The summed E-state index contributed by atoms with van der Waals surface area (Å²) in [7, 11) is 1.57. The number of para-hydroxylation sites is 1. The van der Waals surface area contributed by atoms with Gasteiger partial charge in [-0.1, -0.05) is 18.2 Å². The number of hydrogen-bond donors (Lipinski definition) is 2. The number of carbonyl (C=O) groups excluding carboxylic acids is 3. The maximum absolute atomic E-state index is 13.4. The van der Waals surface area contributed by atoms with Crippen LogP contribution in [0, 0.1) is 0 Å². The number of fused-ring (bicyclic) bond motifs is 1. The molecule has 0 bridgehead atoms. The molecule has 1 fully saturated rings. The third-order valence-corrected chi connectivity index (χ3v) is 5.85. The van der Waals surface area contributed by atoms with Crippen LogP contribution in [0.4, 0.5) is 5.69 Å². The van der Waals surface area contributed by atoms with Crippen molar-refractivity contribution in [1.29, 1.82) is 0 Å². The SMILES string of the molecule is CCOc1ccc(N2C(=O)/C(=C/c3cn(CC(=O)NCCOC)c4ccccc34)C(=O)NC2=S)cc1. The molecule has 1 aromatic heterocycles. The molecule has 36 heavy (non-hydrogen) atoms. The van der Waals surface area contributed by atoms with Gasteiger partial charge in [0.1, 0.15) is 17.9 Å². The molecule has 1 aliphatic heterocycles. The summed E-state index contributed by atoms with van der Waals surface area (Å²) in [5.74, 6) is -0.635. The van der Waals surface area contributed by atoms with Crippen molar-refractivity contribution in [2.75, 3.05) is 31.8 Å². The number of thiocarbonyl (C=S) groups is 1. The lowest BCUT2D eigenvalue weighted by atomic mass is 10.1. The molecule has 0 unspecified atom stereocenters. The van der Waals surface area contributed by atoms with Crippen molar-refractivity contribution < 1.29 is 23.9 Å². The summed E-state index contributed by atoms with van der Waals surface area (Å²) in [6, 6.07) is 14.4. The summed E-state index contributed by atoms with van der Waals surface area (Å²) in [6.45, 7) is 3.30. The van der Waals surface area contributed by atoms with E-state index in [9.17, 15) is 14.4 Å². The summed E-state index contributed by atoms with van der Waals surface area (Å²) >= 11 is 5.29. The van der Waals surface area contributed by atoms with Crippen LogP contribution in [0.2, 0.25) is 0 Å². The van der Waals surface area contributed by atoms with E-state index in [1.807, 2.05) is 31.2 Å². The maximum atomic E-state index is 13.4. The molecule has 9 nitrogen and oxygen atoms in total. The Kier molecular flexibility index (Phi) is 7.77. The lowest BCUT2D eigenvalue weighted by Crippen LogP contribution is -2.54. The molecule has 0 aliphatic carbocycles. The van der Waals surface area contributed by atoms with Crippen molar-refractivity contribution in [3.05, 3.63) is 65.9 Å². The Hall–Kier alpha value is -4.02. The minimum absolute atomic E-state index is 0.00136. The Morgan fingerprint density at radius 2 is 1.89 bits per heavy atom. The first kappa shape index (κ1) is 25.1. The van der Waals surface area contributed by atoms with Crippen LogP contribution in [0.15, 0.2) is 60.3 Å². The van der Waals surface area contributed by atoms with E-state index in [1.54, 1.807) is 42.1 Å². The van der Waals surface area contributed by atoms with Crippen LogP contribution in [-0.2, 0) is 25.7 Å². The molecule has 1 saturated heterocycles. The van der Waals surface area contributed by atoms with E-state index in [2.05, 4.69) is 10.6 Å². The van der Waals surface area contributed by atoms with E-state index in [0.717, 1.165) is 10.9 Å². The van der Waals surface area contributed by atoms with Gasteiger partial charge in [0.25, 0.3) is 11.8 Å². The maximum Gasteiger partial charge on any atom is 0.270 e. The fraction of sp³-hybridized carbons (Fsp3) is 0.231. The van der Waals surface area contributed by atoms with Gasteiger partial charge >= 0.3 is 0 Å². The van der Waals surface area contributed by atoms with Crippen molar-refractivity contribution in [3.8, 4) is 5.75 Å². The van der Waals surface area contributed by atoms with Crippen LogP contribution in [0.3, 0.4) is 0 Å². The number of rotatable bonds is 9. The fourth-order valence-corrected chi connectivity index (χ4v) is 4.21. The molecule has 2 heterocycles. The molecule has 1 aliphatic rings. The summed E-state index contributed by atoms with van der Waals surface area (Å²) in [4.78, 5) is 39.9. The topological polar surface area (TPSA) is 102 Å². The van der Waals surface area contributed by atoms with Gasteiger partial charge in [0, 0.05) is 36.3 Å². The van der Waals surface area contributed by atoms with Gasteiger partial charge in [-0.2, -0.15) is 0 Å². The second-order valence-corrected chi connectivity index (χ2v) is 8.34. The molecule has 3 aromatic rings. The normalized spacial score (nSPS) is 14.9. The Morgan fingerprint density at radius 3 is 2.61 bits per heavy atom. The number of carbonyl (C=O) groups is 3. The average Bonchev–Trinajstić information content (AvgIpc) is 3.20. The Balaban J connectivity index is 1.66. The molecule has 0 atom stereocenters. The third-order valence-electron chi connectivity index (χ3n) is 5.57. The minimum Gasteiger partial charge on any atom is -0.494 e. The number of aromatic nitrogens is 1. The number of methoxy groups -OCH3 is 1. The van der Waals surface area contributed by atoms with Crippen LogP contribution >= 0.6 is 12.2 Å². The molecule has 0 spiro atoms. The van der Waals surface area contributed by atoms with E-state index in [4.69, 9.17) is 21.7 Å². The highest BCUT2D eigenvalue weighted by Crippen LogP contribution is 2.27. The summed E-state index contributed by atoms with van der Waals surface area (Å²) < 4.78 is 12.2. The zero-order valence-corrected chi connectivity index (χ0v) is 20.8. The summed E-state index contributed by atoms with van der Waals surface area (Å²) in [5, 5.41) is 6.20. The van der Waals surface area contributed by atoms with Crippen molar-refractivity contribution in [1.82, 2.24) is 15.2 Å². The van der Waals surface area contributed by atoms with E-state index in [1.165, 1.54) is 11.0 Å². The van der Waals surface area contributed by atoms with Crippen molar-refractivity contribution in [2.45, 2.75) is 13.5 Å². The zero-order valence-electron chi connectivity index (χ0n) is 19.9. The summed E-state index contributed by atoms with van der Waals surface area (Å²) in [6.07, 6.45) is 3.28. The molecular formula is C26H26N4O5S. The molecular weight excluding hydrogens is 480 g/mol. The largest absolute Gasteiger partial charge is 0.494 e. The molecule has 2 N–H and O–H groups in total. The fourth-order valence-electron chi connectivity index (χ4n) is 3.93. The standard InChI is InChI=1S/C26H26N4O5S/c1-3-35-19-10-8-18(9-11-19)30-25(33)21(24(32)28-26(30)36)14-17-15-29(16-23(31)27-12-13-34-2)22-7-5-4-6-20(17)22/h4-11,14-15H,3,12-13,16H2,1-2H3,(H,27,31)(H,28,32,36)/b21-14+. The van der Waals surface area contributed by atoms with Crippen LogP contribution in [0.1, 0.15) is 12.5 Å². The van der Waals surface area contributed by atoms with Gasteiger partial charge in [-0.3, -0.25) is 24.6 Å². The zero-order chi connectivity index (χ0) is 25.7. The van der Waals surface area contributed by atoms with E-state index >= 15 is 0 Å². The Morgan fingerprint density at radius 1 is 1.14 bits per heavy atom. The van der Waals surface area contributed by atoms with Crippen LogP contribution in [-0.4, -0.2) is 54.3 Å². The number of benzene rings is 2. The second-order valence-electron chi connectivity index (χ2n) is 7.96. The number of nitrogens with one attached hydrogen (secondary N) is 2. The van der Waals surface area contributed by atoms with Crippen LogP contribution in [0.25, 0.3) is 17.0 Å². The third kappa shape index (κ3) is 5.29. The first-order valence-electron chi connectivity index (χ1n) is 11.4. The molecule has 2 aromatic carbocycles. The molecule has 186 valence electrons. The van der Waals surface area contributed by atoms with Gasteiger partial charge in [-0.25, -0.2) is 0 Å². The van der Waals surface area contributed by atoms with Crippen LogP contribution in [0.5, 0.6) is 5.75 Å². The first-order chi connectivity index (χ1) is 17.4. The summed E-state index contributed by atoms with van der Waals surface area (Å²) in [5.41, 5.74) is 1.88. The lowest BCUT2D eigenvalue weighted by molar-refractivity contribution is -0.123. The Bertz CT molecular complexity index is 1350. The predicted octanol–water partition coefficient (Wildman–Crippen LogP) is 2.63. The van der Waals surface area contributed by atoms with Gasteiger partial charge in [-0.05, 0) is 55.5 Å². The quantitative estimate of drug-likeness (QED) is 0.200. The molecule has 0 radical (unpaired) electrons. The van der Waals surface area contributed by atoms with Gasteiger partial charge < -0.3 is 19.4 Å². The number of amides is 3. The number of ether oxygens (including phenoxy) is 2. The highest BCUT2D eigenvalue weighted by molar-refractivity contribution is 7.80. The lowest BCUT2D eigenvalue weighted by Gasteiger charge is -2.29. The monoisotopic (exact) mass is 506 g/mol. The van der Waals surface area contributed by atoms with Gasteiger partial charge in [0.05, 0.1) is 18.9 Å². The average molecular weight is 507 g/mol. The Labute approximate surface area is 213 Å². The van der Waals surface area contributed by atoms with Gasteiger partial charge in [-0.15, -0.1) is 0 Å². The molecule has 10 heteroatoms. The number of nitrogens with zero attached hydrogens (tertiary/aromatic N) is 2. The van der Waals surface area contributed by atoms with Crippen LogP contribution < -0.4 is 20.3 Å².